The summed E-state index contributed by atoms with van der Waals surface area (Å²) in [6.45, 7) is 1.67. The van der Waals surface area contributed by atoms with E-state index in [9.17, 15) is 4.79 Å². The Bertz CT molecular complexity index is 1350. The van der Waals surface area contributed by atoms with E-state index in [0.29, 0.717) is 29.4 Å². The van der Waals surface area contributed by atoms with E-state index in [2.05, 4.69) is 21.4 Å². The smallest absolute Gasteiger partial charge is 0.254 e. The zero-order valence-corrected chi connectivity index (χ0v) is 18.2. The van der Waals surface area contributed by atoms with Gasteiger partial charge < -0.3 is 15.0 Å². The van der Waals surface area contributed by atoms with Crippen LogP contribution >= 0.6 is 0 Å². The lowest BCUT2D eigenvalue weighted by molar-refractivity contribution is 0.0716. The third-order valence-corrected chi connectivity index (χ3v) is 6.54. The number of pyridine rings is 1. The average molecular weight is 438 g/mol. The van der Waals surface area contributed by atoms with Gasteiger partial charge in [-0.2, -0.15) is 0 Å². The van der Waals surface area contributed by atoms with Crippen molar-refractivity contribution in [3.05, 3.63) is 72.6 Å². The number of hydrogen-bond acceptors (Lipinski definition) is 6. The number of methoxy groups -OCH3 is 1. The number of fused-ring (bicyclic) bond motifs is 3. The summed E-state index contributed by atoms with van der Waals surface area (Å²) in [6, 6.07) is 18.3. The van der Waals surface area contributed by atoms with Gasteiger partial charge in [0, 0.05) is 65.7 Å². The van der Waals surface area contributed by atoms with Crippen molar-refractivity contribution in [1.29, 1.82) is 0 Å². The summed E-state index contributed by atoms with van der Waals surface area (Å²) < 4.78 is 5.14. The van der Waals surface area contributed by atoms with Gasteiger partial charge in [0.05, 0.1) is 12.6 Å². The van der Waals surface area contributed by atoms with E-state index >= 15 is 0 Å². The minimum atomic E-state index is 0.0874. The maximum Gasteiger partial charge on any atom is 0.254 e. The van der Waals surface area contributed by atoms with Crippen LogP contribution < -0.4 is 10.1 Å². The first-order valence-electron chi connectivity index (χ1n) is 11.1. The first-order chi connectivity index (χ1) is 16.2. The number of carbonyl (C=O) groups excluding carboxylic acids is 1. The molecule has 33 heavy (non-hydrogen) atoms. The van der Waals surface area contributed by atoms with Crippen molar-refractivity contribution in [3.63, 3.8) is 0 Å². The zero-order chi connectivity index (χ0) is 22.4. The number of rotatable bonds is 4. The minimum Gasteiger partial charge on any atom is -0.481 e. The van der Waals surface area contributed by atoms with Crippen LogP contribution in [0, 0.1) is 0 Å². The summed E-state index contributed by atoms with van der Waals surface area (Å²) in [5, 5.41) is 4.39. The van der Waals surface area contributed by atoms with Crippen LogP contribution in [-0.2, 0) is 0 Å². The predicted molar refractivity (Wildman–Crippen MR) is 126 cm³/mol. The molecular weight excluding hydrogens is 414 g/mol. The molecule has 0 radical (unpaired) electrons. The molecule has 2 aromatic heterocycles. The second kappa shape index (κ2) is 7.94. The Morgan fingerprint density at radius 3 is 2.70 bits per heavy atom. The highest BCUT2D eigenvalue weighted by molar-refractivity contribution is 5.96. The van der Waals surface area contributed by atoms with E-state index in [1.165, 1.54) is 0 Å². The molecule has 164 valence electrons. The summed E-state index contributed by atoms with van der Waals surface area (Å²) in [7, 11) is 1.60. The summed E-state index contributed by atoms with van der Waals surface area (Å²) in [5.41, 5.74) is 4.42. The quantitative estimate of drug-likeness (QED) is 0.526. The third kappa shape index (κ3) is 3.60. The second-order valence-corrected chi connectivity index (χ2v) is 8.59. The first-order valence-corrected chi connectivity index (χ1v) is 11.1. The van der Waals surface area contributed by atoms with Gasteiger partial charge in [0.1, 0.15) is 0 Å². The third-order valence-electron chi connectivity index (χ3n) is 6.54. The number of amides is 1. The Kier molecular flexibility index (Phi) is 4.77. The van der Waals surface area contributed by atoms with Crippen molar-refractivity contribution in [2.75, 3.05) is 20.2 Å². The highest BCUT2D eigenvalue weighted by atomic mass is 16.5. The van der Waals surface area contributed by atoms with Crippen LogP contribution in [0.2, 0.25) is 0 Å². The van der Waals surface area contributed by atoms with E-state index in [4.69, 9.17) is 9.72 Å². The maximum atomic E-state index is 13.1. The Hall–Kier alpha value is -3.84. The number of piperazine rings is 1. The number of nitrogens with zero attached hydrogens (tertiary/aromatic N) is 4. The van der Waals surface area contributed by atoms with Gasteiger partial charge in [-0.1, -0.05) is 18.2 Å². The minimum absolute atomic E-state index is 0.0874. The van der Waals surface area contributed by atoms with Crippen molar-refractivity contribution < 1.29 is 9.53 Å². The topological polar surface area (TPSA) is 80.2 Å². The van der Waals surface area contributed by atoms with Crippen molar-refractivity contribution >= 4 is 16.8 Å². The molecule has 2 unspecified atom stereocenters. The summed E-state index contributed by atoms with van der Waals surface area (Å²) >= 11 is 0. The van der Waals surface area contributed by atoms with Crippen molar-refractivity contribution in [1.82, 2.24) is 25.2 Å². The molecule has 4 aromatic rings. The molecule has 2 saturated heterocycles. The molecule has 0 spiro atoms. The van der Waals surface area contributed by atoms with Crippen LogP contribution in [0.3, 0.4) is 0 Å². The van der Waals surface area contributed by atoms with Gasteiger partial charge in [-0.15, -0.1) is 0 Å². The van der Waals surface area contributed by atoms with E-state index in [0.717, 1.165) is 47.1 Å². The number of hydrogen-bond donors (Lipinski definition) is 1. The molecule has 1 amide bonds. The van der Waals surface area contributed by atoms with Gasteiger partial charge in [-0.05, 0) is 42.3 Å². The van der Waals surface area contributed by atoms with Gasteiger partial charge in [0.15, 0.2) is 5.82 Å². The normalized spacial score (nSPS) is 19.2. The van der Waals surface area contributed by atoms with Crippen LogP contribution in [0.15, 0.2) is 67.0 Å². The number of likely N-dealkylation sites (tertiary alicyclic amines) is 1. The first kappa shape index (κ1) is 19.8. The van der Waals surface area contributed by atoms with Crippen molar-refractivity contribution in [3.8, 4) is 28.4 Å². The Morgan fingerprint density at radius 2 is 1.94 bits per heavy atom. The Balaban J connectivity index is 1.28. The van der Waals surface area contributed by atoms with Gasteiger partial charge in [0.25, 0.3) is 5.91 Å². The predicted octanol–water partition coefficient (Wildman–Crippen LogP) is 3.55. The van der Waals surface area contributed by atoms with Crippen LogP contribution in [0.4, 0.5) is 0 Å². The molecule has 2 bridgehead atoms. The van der Waals surface area contributed by atoms with Gasteiger partial charge >= 0.3 is 0 Å². The van der Waals surface area contributed by atoms with Crippen molar-refractivity contribution in [2.24, 2.45) is 0 Å². The standard InChI is InChI=1S/C26H23N5O2/c1-33-24-8-6-19(12-28-24)16-5-7-23-20(9-16)13-29-25(30-23)17-3-2-4-18(10-17)26(32)31-15-21-11-22(31)14-27-21/h2-10,12-13,21-22,27H,11,14-15H2,1H3. The number of ether oxygens (including phenoxy) is 1. The number of carbonyl (C=O) groups is 1. The number of aromatic nitrogens is 3. The molecule has 2 atom stereocenters. The molecular formula is C26H23N5O2. The van der Waals surface area contributed by atoms with Crippen LogP contribution in [-0.4, -0.2) is 58.0 Å². The SMILES string of the molecule is COc1ccc(-c2ccc3nc(-c4cccc(C(=O)N5CC6CC5CN6)c4)ncc3c2)cn1. The number of nitrogens with one attached hydrogen (secondary N) is 1. The average Bonchev–Trinajstić information content (AvgIpc) is 3.52. The Morgan fingerprint density at radius 1 is 1.03 bits per heavy atom. The zero-order valence-electron chi connectivity index (χ0n) is 18.2. The molecule has 4 heterocycles. The summed E-state index contributed by atoms with van der Waals surface area (Å²) in [4.78, 5) is 28.7. The molecule has 2 aromatic carbocycles. The highest BCUT2D eigenvalue weighted by Gasteiger charge is 2.40. The van der Waals surface area contributed by atoms with Crippen molar-refractivity contribution in [2.45, 2.75) is 18.5 Å². The van der Waals surface area contributed by atoms with E-state index in [1.54, 1.807) is 13.3 Å². The summed E-state index contributed by atoms with van der Waals surface area (Å²) in [6.07, 6.45) is 4.67. The number of benzene rings is 2. The molecule has 2 aliphatic rings. The van der Waals surface area contributed by atoms with E-state index in [1.807, 2.05) is 59.6 Å². The largest absolute Gasteiger partial charge is 0.481 e. The van der Waals surface area contributed by atoms with Crippen LogP contribution in [0.5, 0.6) is 5.88 Å². The fourth-order valence-electron chi connectivity index (χ4n) is 4.79. The second-order valence-electron chi connectivity index (χ2n) is 8.59. The lowest BCUT2D eigenvalue weighted by atomic mass is 10.1. The molecule has 0 saturated carbocycles. The fourth-order valence-corrected chi connectivity index (χ4v) is 4.79. The molecule has 7 heteroatoms. The lowest BCUT2D eigenvalue weighted by Gasteiger charge is -2.27. The summed E-state index contributed by atoms with van der Waals surface area (Å²) in [5.74, 6) is 1.28. The Labute approximate surface area is 191 Å². The molecule has 6 rings (SSSR count). The van der Waals surface area contributed by atoms with Crippen LogP contribution in [0.1, 0.15) is 16.8 Å². The maximum absolute atomic E-state index is 13.1. The molecule has 2 aliphatic heterocycles. The van der Waals surface area contributed by atoms with E-state index in [-0.39, 0.29) is 5.91 Å². The highest BCUT2D eigenvalue weighted by Crippen LogP contribution is 2.28. The molecule has 0 aliphatic carbocycles. The lowest BCUT2D eigenvalue weighted by Crippen LogP contribution is -2.46. The van der Waals surface area contributed by atoms with Gasteiger partial charge in [0.2, 0.25) is 5.88 Å². The monoisotopic (exact) mass is 437 g/mol. The molecule has 1 N–H and O–H groups in total. The molecule has 2 fully saturated rings. The fraction of sp³-hybridized carbons (Fsp3) is 0.231. The van der Waals surface area contributed by atoms with E-state index < -0.39 is 0 Å². The molecule has 7 nitrogen and oxygen atoms in total. The van der Waals surface area contributed by atoms with Gasteiger partial charge in [-0.25, -0.2) is 15.0 Å². The van der Waals surface area contributed by atoms with Gasteiger partial charge in [-0.3, -0.25) is 4.79 Å². The van der Waals surface area contributed by atoms with Crippen LogP contribution in [0.25, 0.3) is 33.4 Å².